The number of benzene rings is 3. The fourth-order valence-electron chi connectivity index (χ4n) is 3.19. The number of methoxy groups -OCH3 is 1. The van der Waals surface area contributed by atoms with E-state index in [1.54, 1.807) is 19.2 Å². The normalized spacial score (nSPS) is 10.5. The monoisotopic (exact) mass is 415 g/mol. The minimum atomic E-state index is -0.532. The average molecular weight is 415 g/mol. The summed E-state index contributed by atoms with van der Waals surface area (Å²) in [4.78, 5) is 12.4. The van der Waals surface area contributed by atoms with Gasteiger partial charge in [-0.2, -0.15) is 0 Å². The molecule has 1 N–H and O–H groups in total. The highest BCUT2D eigenvalue weighted by molar-refractivity contribution is 5.76. The van der Waals surface area contributed by atoms with Crippen LogP contribution in [0.1, 0.15) is 5.56 Å². The zero-order chi connectivity index (χ0) is 21.5. The first-order chi connectivity index (χ1) is 15.2. The molecule has 0 radical (unpaired) electrons. The number of hydrogen-bond acceptors (Lipinski definition) is 6. The molecule has 0 unspecified atom stereocenters. The van der Waals surface area contributed by atoms with Gasteiger partial charge in [-0.3, -0.25) is 0 Å². The van der Waals surface area contributed by atoms with Crippen molar-refractivity contribution in [3.8, 4) is 28.3 Å². The lowest BCUT2D eigenvalue weighted by atomic mass is 10.0. The van der Waals surface area contributed by atoms with Crippen LogP contribution >= 0.6 is 0 Å². The molecule has 8 nitrogen and oxygen atoms in total. The maximum atomic E-state index is 12.4. The van der Waals surface area contributed by atoms with E-state index in [-0.39, 0.29) is 0 Å². The summed E-state index contributed by atoms with van der Waals surface area (Å²) in [6.45, 7) is 0.467. The van der Waals surface area contributed by atoms with Crippen LogP contribution in [0, 0.1) is 0 Å². The van der Waals surface area contributed by atoms with E-state index in [2.05, 4.69) is 20.8 Å². The minimum absolute atomic E-state index is 0.367. The first-order valence-corrected chi connectivity index (χ1v) is 9.74. The molecule has 1 amide bonds. The smallest absolute Gasteiger partial charge is 0.412 e. The van der Waals surface area contributed by atoms with Gasteiger partial charge in [0, 0.05) is 18.2 Å². The number of ether oxygens (including phenoxy) is 2. The quantitative estimate of drug-likeness (QED) is 0.495. The SMILES string of the molecule is COc1ccccc1-c1cc(OC(=O)NCCc2ccccc2)cc(-n2cnnn2)c1. The lowest BCUT2D eigenvalue weighted by molar-refractivity contribution is 0.200. The Morgan fingerprint density at radius 2 is 1.84 bits per heavy atom. The lowest BCUT2D eigenvalue weighted by Gasteiger charge is -2.13. The Balaban J connectivity index is 1.55. The van der Waals surface area contributed by atoms with E-state index in [9.17, 15) is 4.79 Å². The third-order valence-corrected chi connectivity index (χ3v) is 4.66. The van der Waals surface area contributed by atoms with E-state index in [0.29, 0.717) is 30.2 Å². The number of carbonyl (C=O) groups is 1. The van der Waals surface area contributed by atoms with Crippen LogP contribution in [-0.4, -0.2) is 40.0 Å². The van der Waals surface area contributed by atoms with E-state index in [1.165, 1.54) is 11.0 Å². The van der Waals surface area contributed by atoms with Crippen molar-refractivity contribution in [3.05, 3.63) is 84.7 Å². The molecule has 0 saturated heterocycles. The number of aromatic nitrogens is 4. The Kier molecular flexibility index (Phi) is 6.18. The van der Waals surface area contributed by atoms with Gasteiger partial charge in [-0.1, -0.05) is 48.5 Å². The summed E-state index contributed by atoms with van der Waals surface area (Å²) < 4.78 is 12.5. The molecule has 0 aliphatic heterocycles. The van der Waals surface area contributed by atoms with Crippen LogP contribution in [-0.2, 0) is 6.42 Å². The number of para-hydroxylation sites is 1. The maximum Gasteiger partial charge on any atom is 0.412 e. The molecule has 4 aromatic rings. The third-order valence-electron chi connectivity index (χ3n) is 4.66. The molecular weight excluding hydrogens is 394 g/mol. The highest BCUT2D eigenvalue weighted by atomic mass is 16.6. The molecule has 4 rings (SSSR count). The van der Waals surface area contributed by atoms with Gasteiger partial charge in [-0.05, 0) is 46.2 Å². The molecule has 1 heterocycles. The molecule has 0 aliphatic carbocycles. The van der Waals surface area contributed by atoms with Gasteiger partial charge in [0.05, 0.1) is 12.8 Å². The van der Waals surface area contributed by atoms with Gasteiger partial charge in [-0.25, -0.2) is 9.48 Å². The maximum absolute atomic E-state index is 12.4. The Labute approximate surface area is 179 Å². The molecular formula is C23H21N5O3. The highest BCUT2D eigenvalue weighted by Crippen LogP contribution is 2.33. The van der Waals surface area contributed by atoms with Crippen molar-refractivity contribution in [1.29, 1.82) is 0 Å². The zero-order valence-corrected chi connectivity index (χ0v) is 16.9. The van der Waals surface area contributed by atoms with Crippen LogP contribution in [0.15, 0.2) is 79.1 Å². The molecule has 0 aliphatic rings. The van der Waals surface area contributed by atoms with E-state index in [1.807, 2.05) is 60.7 Å². The Morgan fingerprint density at radius 3 is 2.61 bits per heavy atom. The highest BCUT2D eigenvalue weighted by Gasteiger charge is 2.13. The standard InChI is InChI=1S/C23H21N5O3/c1-30-22-10-6-5-9-21(22)18-13-19(28-16-25-26-27-28)15-20(14-18)31-23(29)24-12-11-17-7-3-2-4-8-17/h2-10,13-16H,11-12H2,1H3,(H,24,29). The fourth-order valence-corrected chi connectivity index (χ4v) is 3.19. The second kappa shape index (κ2) is 9.53. The van der Waals surface area contributed by atoms with Gasteiger partial charge >= 0.3 is 6.09 Å². The number of rotatable bonds is 7. The zero-order valence-electron chi connectivity index (χ0n) is 16.9. The molecule has 156 valence electrons. The number of nitrogens with one attached hydrogen (secondary N) is 1. The summed E-state index contributed by atoms with van der Waals surface area (Å²) >= 11 is 0. The predicted molar refractivity (Wildman–Crippen MR) is 115 cm³/mol. The van der Waals surface area contributed by atoms with Crippen LogP contribution in [0.4, 0.5) is 4.79 Å². The first kappa shape index (κ1) is 20.1. The summed E-state index contributed by atoms with van der Waals surface area (Å²) in [6.07, 6.45) is 1.66. The van der Waals surface area contributed by atoms with E-state index < -0.39 is 6.09 Å². The Morgan fingerprint density at radius 1 is 1.03 bits per heavy atom. The van der Waals surface area contributed by atoms with Crippen LogP contribution in [0.25, 0.3) is 16.8 Å². The van der Waals surface area contributed by atoms with E-state index >= 15 is 0 Å². The van der Waals surface area contributed by atoms with Crippen molar-refractivity contribution in [1.82, 2.24) is 25.5 Å². The molecule has 1 aromatic heterocycles. The molecule has 31 heavy (non-hydrogen) atoms. The van der Waals surface area contributed by atoms with Crippen molar-refractivity contribution in [2.24, 2.45) is 0 Å². The van der Waals surface area contributed by atoms with Gasteiger partial charge in [0.1, 0.15) is 17.8 Å². The number of carbonyl (C=O) groups excluding carboxylic acids is 1. The number of amides is 1. The molecule has 3 aromatic carbocycles. The van der Waals surface area contributed by atoms with Crippen molar-refractivity contribution in [2.75, 3.05) is 13.7 Å². The number of nitrogens with zero attached hydrogens (tertiary/aromatic N) is 4. The minimum Gasteiger partial charge on any atom is -0.496 e. The molecule has 0 fully saturated rings. The number of tetrazole rings is 1. The average Bonchev–Trinajstić information content (AvgIpc) is 3.35. The van der Waals surface area contributed by atoms with Crippen molar-refractivity contribution in [3.63, 3.8) is 0 Å². The summed E-state index contributed by atoms with van der Waals surface area (Å²) in [7, 11) is 1.61. The van der Waals surface area contributed by atoms with Crippen molar-refractivity contribution in [2.45, 2.75) is 6.42 Å². The first-order valence-electron chi connectivity index (χ1n) is 9.74. The molecule has 0 saturated carbocycles. The Hall–Kier alpha value is -4.20. The lowest BCUT2D eigenvalue weighted by Crippen LogP contribution is -2.28. The molecule has 0 atom stereocenters. The molecule has 0 spiro atoms. The largest absolute Gasteiger partial charge is 0.496 e. The van der Waals surface area contributed by atoms with Gasteiger partial charge in [0.25, 0.3) is 0 Å². The van der Waals surface area contributed by atoms with Crippen molar-refractivity contribution < 1.29 is 14.3 Å². The summed E-state index contributed by atoms with van der Waals surface area (Å²) in [6, 6.07) is 22.9. The fraction of sp³-hybridized carbons (Fsp3) is 0.130. The number of hydrogen-bond donors (Lipinski definition) is 1. The van der Waals surface area contributed by atoms with Crippen LogP contribution in [0.2, 0.25) is 0 Å². The Bertz CT molecular complexity index is 1150. The van der Waals surface area contributed by atoms with Gasteiger partial charge in [-0.15, -0.1) is 5.10 Å². The van der Waals surface area contributed by atoms with Gasteiger partial charge in [0.15, 0.2) is 0 Å². The van der Waals surface area contributed by atoms with Crippen molar-refractivity contribution >= 4 is 6.09 Å². The van der Waals surface area contributed by atoms with Crippen LogP contribution in [0.5, 0.6) is 11.5 Å². The topological polar surface area (TPSA) is 91.2 Å². The summed E-state index contributed by atoms with van der Waals surface area (Å²) in [5.74, 6) is 1.07. The summed E-state index contributed by atoms with van der Waals surface area (Å²) in [5, 5.41) is 14.1. The second-order valence-corrected chi connectivity index (χ2v) is 6.72. The van der Waals surface area contributed by atoms with Crippen LogP contribution in [0.3, 0.4) is 0 Å². The third kappa shape index (κ3) is 5.05. The predicted octanol–water partition coefficient (Wildman–Crippen LogP) is 3.67. The van der Waals surface area contributed by atoms with Gasteiger partial charge in [0.2, 0.25) is 0 Å². The molecule has 8 heteroatoms. The van der Waals surface area contributed by atoms with E-state index in [0.717, 1.165) is 16.7 Å². The summed E-state index contributed by atoms with van der Waals surface area (Å²) in [5.41, 5.74) is 3.45. The van der Waals surface area contributed by atoms with Crippen LogP contribution < -0.4 is 14.8 Å². The van der Waals surface area contributed by atoms with E-state index in [4.69, 9.17) is 9.47 Å². The molecule has 0 bridgehead atoms. The van der Waals surface area contributed by atoms with Gasteiger partial charge < -0.3 is 14.8 Å². The second-order valence-electron chi connectivity index (χ2n) is 6.72.